The summed E-state index contributed by atoms with van der Waals surface area (Å²) in [4.78, 5) is 2.53. The first-order chi connectivity index (χ1) is 9.56. The fourth-order valence-corrected chi connectivity index (χ4v) is 3.52. The molecule has 0 atom stereocenters. The molecule has 2 rings (SSSR count). The lowest BCUT2D eigenvalue weighted by atomic mass is 9.97. The molecular formula is C14H22N2O3S. The van der Waals surface area contributed by atoms with Crippen LogP contribution in [0.2, 0.25) is 0 Å². The second-order valence-corrected chi connectivity index (χ2v) is 6.88. The Hall–Kier alpha value is -1.11. The van der Waals surface area contributed by atoms with Crippen molar-refractivity contribution in [3.63, 3.8) is 0 Å². The van der Waals surface area contributed by atoms with Crippen molar-refractivity contribution in [2.45, 2.75) is 24.7 Å². The molecule has 2 N–H and O–H groups in total. The van der Waals surface area contributed by atoms with Gasteiger partial charge in [-0.15, -0.1) is 0 Å². The number of rotatable bonds is 5. The Morgan fingerprint density at radius 1 is 1.25 bits per heavy atom. The minimum absolute atomic E-state index is 0.258. The van der Waals surface area contributed by atoms with E-state index in [0.29, 0.717) is 17.4 Å². The smallest absolute Gasteiger partial charge is 0.240 e. The number of piperidine rings is 1. The number of anilines is 1. The topological polar surface area (TPSA) is 69.6 Å². The average molecular weight is 298 g/mol. The summed E-state index contributed by atoms with van der Waals surface area (Å²) in [5.74, 6) is 0.402. The van der Waals surface area contributed by atoms with Crippen LogP contribution in [0.5, 0.6) is 0 Å². The van der Waals surface area contributed by atoms with Crippen molar-refractivity contribution in [1.29, 1.82) is 0 Å². The molecule has 0 aliphatic carbocycles. The lowest BCUT2D eigenvalue weighted by Gasteiger charge is -2.32. The highest BCUT2D eigenvalue weighted by Crippen LogP contribution is 2.24. The molecule has 0 aromatic heterocycles. The third-order valence-corrected chi connectivity index (χ3v) is 5.28. The highest BCUT2D eigenvalue weighted by Gasteiger charge is 2.19. The van der Waals surface area contributed by atoms with E-state index in [4.69, 9.17) is 5.11 Å². The molecule has 1 aromatic carbocycles. The van der Waals surface area contributed by atoms with E-state index in [1.54, 1.807) is 19.1 Å². The molecule has 1 fully saturated rings. The minimum Gasteiger partial charge on any atom is -0.396 e. The Balaban J connectivity index is 2.06. The molecule has 20 heavy (non-hydrogen) atoms. The number of hydrogen-bond acceptors (Lipinski definition) is 4. The number of nitrogens with zero attached hydrogens (tertiary/aromatic N) is 1. The summed E-state index contributed by atoms with van der Waals surface area (Å²) in [6.45, 7) is 4.22. The monoisotopic (exact) mass is 298 g/mol. The van der Waals surface area contributed by atoms with E-state index in [9.17, 15) is 8.42 Å². The third-order valence-electron chi connectivity index (χ3n) is 3.72. The second-order valence-electron chi connectivity index (χ2n) is 5.11. The molecule has 1 saturated heterocycles. The second kappa shape index (κ2) is 6.56. The summed E-state index contributed by atoms with van der Waals surface area (Å²) >= 11 is 0. The van der Waals surface area contributed by atoms with Crippen LogP contribution in [0.4, 0.5) is 5.69 Å². The van der Waals surface area contributed by atoms with Gasteiger partial charge in [0.2, 0.25) is 10.0 Å². The summed E-state index contributed by atoms with van der Waals surface area (Å²) < 4.78 is 26.2. The van der Waals surface area contributed by atoms with Gasteiger partial charge in [-0.05, 0) is 43.0 Å². The number of hydrogen-bond donors (Lipinski definition) is 2. The molecule has 6 heteroatoms. The van der Waals surface area contributed by atoms with Crippen molar-refractivity contribution >= 4 is 15.7 Å². The number of sulfonamides is 1. The van der Waals surface area contributed by atoms with Crippen LogP contribution < -0.4 is 9.62 Å². The number of benzene rings is 1. The summed E-state index contributed by atoms with van der Waals surface area (Å²) in [7, 11) is -3.37. The summed E-state index contributed by atoms with van der Waals surface area (Å²) in [5, 5.41) is 9.13. The Morgan fingerprint density at radius 3 is 2.35 bits per heavy atom. The molecule has 0 radical (unpaired) electrons. The first-order valence-corrected chi connectivity index (χ1v) is 8.50. The van der Waals surface area contributed by atoms with Gasteiger partial charge >= 0.3 is 0 Å². The van der Waals surface area contributed by atoms with Crippen molar-refractivity contribution in [3.8, 4) is 0 Å². The van der Waals surface area contributed by atoms with Crippen molar-refractivity contribution in [2.24, 2.45) is 5.92 Å². The molecule has 0 spiro atoms. The zero-order chi connectivity index (χ0) is 14.6. The summed E-state index contributed by atoms with van der Waals surface area (Å²) in [5.41, 5.74) is 1.04. The van der Waals surface area contributed by atoms with Crippen LogP contribution in [-0.4, -0.2) is 39.8 Å². The van der Waals surface area contributed by atoms with E-state index in [0.717, 1.165) is 31.6 Å². The van der Waals surface area contributed by atoms with Crippen LogP contribution in [0.15, 0.2) is 29.2 Å². The predicted octanol–water partition coefficient (Wildman–Crippen LogP) is 1.19. The fourth-order valence-electron chi connectivity index (χ4n) is 2.48. The number of nitrogens with one attached hydrogen (secondary N) is 1. The predicted molar refractivity (Wildman–Crippen MR) is 79.3 cm³/mol. The Morgan fingerprint density at radius 2 is 1.85 bits per heavy atom. The maximum absolute atomic E-state index is 11.8. The molecular weight excluding hydrogens is 276 g/mol. The van der Waals surface area contributed by atoms with Gasteiger partial charge in [-0.25, -0.2) is 13.1 Å². The van der Waals surface area contributed by atoms with Gasteiger partial charge in [-0.1, -0.05) is 6.92 Å². The molecule has 5 nitrogen and oxygen atoms in total. The van der Waals surface area contributed by atoms with Gasteiger partial charge in [0.25, 0.3) is 0 Å². The molecule has 0 unspecified atom stereocenters. The molecule has 1 aliphatic heterocycles. The molecule has 0 saturated carbocycles. The van der Waals surface area contributed by atoms with Crippen molar-refractivity contribution in [1.82, 2.24) is 4.72 Å². The highest BCUT2D eigenvalue weighted by molar-refractivity contribution is 7.89. The Bertz CT molecular complexity index is 520. The van der Waals surface area contributed by atoms with E-state index < -0.39 is 10.0 Å². The maximum atomic E-state index is 11.8. The van der Waals surface area contributed by atoms with Gasteiger partial charge in [0.1, 0.15) is 0 Å². The lowest BCUT2D eigenvalue weighted by Crippen LogP contribution is -2.34. The quantitative estimate of drug-likeness (QED) is 0.857. The average Bonchev–Trinajstić information content (AvgIpc) is 2.47. The first-order valence-electron chi connectivity index (χ1n) is 7.02. The van der Waals surface area contributed by atoms with Crippen molar-refractivity contribution in [3.05, 3.63) is 24.3 Å². The van der Waals surface area contributed by atoms with E-state index in [1.807, 2.05) is 12.1 Å². The van der Waals surface area contributed by atoms with E-state index in [1.165, 1.54) is 0 Å². The van der Waals surface area contributed by atoms with Crippen LogP contribution >= 0.6 is 0 Å². The number of aliphatic hydroxyl groups is 1. The summed E-state index contributed by atoms with van der Waals surface area (Å²) in [6.07, 6.45) is 1.96. The molecule has 0 bridgehead atoms. The van der Waals surface area contributed by atoms with Gasteiger partial charge in [0.15, 0.2) is 0 Å². The third kappa shape index (κ3) is 3.50. The highest BCUT2D eigenvalue weighted by atomic mass is 32.2. The van der Waals surface area contributed by atoms with E-state index >= 15 is 0 Å². The standard InChI is InChI=1S/C14H22N2O3S/c1-2-15-20(18,19)14-5-3-13(4-6-14)16-9-7-12(11-17)8-10-16/h3-6,12,15,17H,2,7-11H2,1H3. The van der Waals surface area contributed by atoms with Gasteiger partial charge in [0.05, 0.1) is 4.90 Å². The van der Waals surface area contributed by atoms with Gasteiger partial charge < -0.3 is 10.0 Å². The zero-order valence-corrected chi connectivity index (χ0v) is 12.6. The Kier molecular flexibility index (Phi) is 5.01. The van der Waals surface area contributed by atoms with Crippen LogP contribution in [0.25, 0.3) is 0 Å². The van der Waals surface area contributed by atoms with Crippen LogP contribution in [0.1, 0.15) is 19.8 Å². The van der Waals surface area contributed by atoms with Crippen LogP contribution in [0, 0.1) is 5.92 Å². The molecule has 1 aliphatic rings. The van der Waals surface area contributed by atoms with Crippen molar-refractivity contribution in [2.75, 3.05) is 31.1 Å². The van der Waals surface area contributed by atoms with Gasteiger partial charge in [-0.2, -0.15) is 0 Å². The maximum Gasteiger partial charge on any atom is 0.240 e. The zero-order valence-electron chi connectivity index (χ0n) is 11.7. The van der Waals surface area contributed by atoms with E-state index in [-0.39, 0.29) is 6.61 Å². The first kappa shape index (κ1) is 15.3. The molecule has 1 heterocycles. The molecule has 1 aromatic rings. The molecule has 0 amide bonds. The molecule has 112 valence electrons. The lowest BCUT2D eigenvalue weighted by molar-refractivity contribution is 0.203. The largest absolute Gasteiger partial charge is 0.396 e. The minimum atomic E-state index is -3.37. The van der Waals surface area contributed by atoms with Crippen molar-refractivity contribution < 1.29 is 13.5 Å². The Labute approximate surface area is 120 Å². The fraction of sp³-hybridized carbons (Fsp3) is 0.571. The van der Waals surface area contributed by atoms with Gasteiger partial charge in [-0.3, -0.25) is 0 Å². The summed E-state index contributed by atoms with van der Waals surface area (Å²) in [6, 6.07) is 6.99. The number of aliphatic hydroxyl groups excluding tert-OH is 1. The van der Waals surface area contributed by atoms with Crippen LogP contribution in [0.3, 0.4) is 0 Å². The van der Waals surface area contributed by atoms with E-state index in [2.05, 4.69) is 9.62 Å². The van der Waals surface area contributed by atoms with Crippen LogP contribution in [-0.2, 0) is 10.0 Å². The SMILES string of the molecule is CCNS(=O)(=O)c1ccc(N2CCC(CO)CC2)cc1. The van der Waals surface area contributed by atoms with Gasteiger partial charge in [0, 0.05) is 31.9 Å². The normalized spacial score (nSPS) is 17.4.